The molecule has 0 aromatic heterocycles. The van der Waals surface area contributed by atoms with Crippen LogP contribution in [-0.2, 0) is 0 Å². The molecule has 2 heteroatoms. The van der Waals surface area contributed by atoms with Crippen molar-refractivity contribution in [1.82, 2.24) is 0 Å². The van der Waals surface area contributed by atoms with E-state index in [2.05, 4.69) is 80.5 Å². The first-order valence-electron chi connectivity index (χ1n) is 10.2. The molecule has 1 aliphatic rings. The van der Waals surface area contributed by atoms with E-state index in [9.17, 15) is 0 Å². The molecule has 0 bridgehead atoms. The third-order valence-corrected chi connectivity index (χ3v) is 8.78. The Balaban J connectivity index is 3.14. The van der Waals surface area contributed by atoms with Gasteiger partial charge in [-0.1, -0.05) is 74.5 Å². The highest BCUT2D eigenvalue weighted by molar-refractivity contribution is 7.66. The van der Waals surface area contributed by atoms with Crippen LogP contribution in [0.15, 0.2) is 28.7 Å². The number of allylic oxidation sites excluding steroid dienone is 3. The van der Waals surface area contributed by atoms with Gasteiger partial charge in [-0.3, -0.25) is 4.74 Å². The SMILES string of the molecule is CC(C)(C)CCP(CCC(C)(C)C)(CCC(C)(C)C)=NC1=CC=CC1. The van der Waals surface area contributed by atoms with Crippen molar-refractivity contribution >= 4 is 7.05 Å². The van der Waals surface area contributed by atoms with Gasteiger partial charge in [0.25, 0.3) is 0 Å². The molecule has 1 rings (SSSR count). The Hall–Kier alpha value is -0.290. The number of hydrogen-bond donors (Lipinski definition) is 0. The molecule has 0 amide bonds. The molecule has 0 unspecified atom stereocenters. The highest BCUT2D eigenvalue weighted by Gasteiger charge is 2.27. The van der Waals surface area contributed by atoms with Crippen molar-refractivity contribution in [3.05, 3.63) is 23.9 Å². The Morgan fingerprint density at radius 3 is 1.44 bits per heavy atom. The second kappa shape index (κ2) is 8.60. The summed E-state index contributed by atoms with van der Waals surface area (Å²) in [7, 11) is -1.32. The fourth-order valence-electron chi connectivity index (χ4n) is 2.90. The molecule has 0 fully saturated rings. The molecule has 0 aromatic rings. The van der Waals surface area contributed by atoms with Crippen LogP contribution in [0.25, 0.3) is 0 Å². The van der Waals surface area contributed by atoms with Gasteiger partial charge in [0.1, 0.15) is 0 Å². The lowest BCUT2D eigenvalue weighted by molar-refractivity contribution is 0.388. The van der Waals surface area contributed by atoms with Crippen LogP contribution in [0.5, 0.6) is 0 Å². The first-order chi connectivity index (χ1) is 11.2. The quantitative estimate of drug-likeness (QED) is 0.402. The Morgan fingerprint density at radius 2 is 1.16 bits per heavy atom. The van der Waals surface area contributed by atoms with Crippen molar-refractivity contribution in [1.29, 1.82) is 0 Å². The molecule has 0 aromatic carbocycles. The summed E-state index contributed by atoms with van der Waals surface area (Å²) in [6.07, 6.45) is 15.6. The number of hydrogen-bond acceptors (Lipinski definition) is 1. The minimum atomic E-state index is -1.32. The molecule has 25 heavy (non-hydrogen) atoms. The summed E-state index contributed by atoms with van der Waals surface area (Å²) in [5, 5.41) is 0. The lowest BCUT2D eigenvalue weighted by Gasteiger charge is -2.33. The fourth-order valence-corrected chi connectivity index (χ4v) is 7.82. The summed E-state index contributed by atoms with van der Waals surface area (Å²) < 4.78 is 5.53. The van der Waals surface area contributed by atoms with Gasteiger partial charge in [-0.15, -0.1) is 0 Å². The van der Waals surface area contributed by atoms with E-state index in [1.165, 1.54) is 43.4 Å². The van der Waals surface area contributed by atoms with E-state index in [1.807, 2.05) is 0 Å². The smallest absolute Gasteiger partial charge is 0.0425 e. The zero-order chi connectivity index (χ0) is 19.4. The van der Waals surface area contributed by atoms with Gasteiger partial charge in [0.15, 0.2) is 0 Å². The average Bonchev–Trinajstić information content (AvgIpc) is 2.90. The molecule has 1 nitrogen and oxygen atoms in total. The van der Waals surface area contributed by atoms with Crippen molar-refractivity contribution in [3.8, 4) is 0 Å². The molecule has 0 aliphatic heterocycles. The zero-order valence-electron chi connectivity index (χ0n) is 18.6. The molecule has 0 radical (unpaired) electrons. The van der Waals surface area contributed by atoms with Gasteiger partial charge in [-0.2, -0.15) is 0 Å². The van der Waals surface area contributed by atoms with Crippen LogP contribution in [0.2, 0.25) is 0 Å². The largest absolute Gasteiger partial charge is 0.272 e. The van der Waals surface area contributed by atoms with Crippen molar-refractivity contribution in [2.75, 3.05) is 18.5 Å². The van der Waals surface area contributed by atoms with Crippen LogP contribution >= 0.6 is 7.05 Å². The second-order valence-corrected chi connectivity index (χ2v) is 15.3. The van der Waals surface area contributed by atoms with Gasteiger partial charge in [-0.25, -0.2) is 0 Å². The molecular formula is C23H44NP. The lowest BCUT2D eigenvalue weighted by atomic mass is 9.93. The molecule has 0 saturated heterocycles. The first-order valence-corrected chi connectivity index (χ1v) is 12.4. The monoisotopic (exact) mass is 365 g/mol. The molecule has 0 heterocycles. The minimum absolute atomic E-state index is 0.395. The van der Waals surface area contributed by atoms with Crippen molar-refractivity contribution in [3.63, 3.8) is 0 Å². The van der Waals surface area contributed by atoms with Crippen molar-refractivity contribution in [2.24, 2.45) is 21.0 Å². The lowest BCUT2D eigenvalue weighted by Crippen LogP contribution is -2.16. The summed E-state index contributed by atoms with van der Waals surface area (Å²) in [5.74, 6) is 0. The van der Waals surface area contributed by atoms with Crippen LogP contribution in [0.1, 0.15) is 88.0 Å². The molecule has 0 saturated carbocycles. The third kappa shape index (κ3) is 10.4. The van der Waals surface area contributed by atoms with Gasteiger partial charge < -0.3 is 0 Å². The highest BCUT2D eigenvalue weighted by atomic mass is 31.2. The van der Waals surface area contributed by atoms with Crippen LogP contribution in [-0.4, -0.2) is 18.5 Å². The summed E-state index contributed by atoms with van der Waals surface area (Å²) in [6, 6.07) is 0. The maximum atomic E-state index is 5.53. The van der Waals surface area contributed by atoms with Gasteiger partial charge in [0, 0.05) is 12.1 Å². The van der Waals surface area contributed by atoms with Gasteiger partial charge in [0.2, 0.25) is 0 Å². The molecule has 1 aliphatic carbocycles. The van der Waals surface area contributed by atoms with Crippen LogP contribution in [0.4, 0.5) is 0 Å². The Bertz CT molecular complexity index is 478. The summed E-state index contributed by atoms with van der Waals surface area (Å²) in [6.45, 7) is 21.4. The van der Waals surface area contributed by atoms with Crippen LogP contribution in [0.3, 0.4) is 0 Å². The van der Waals surface area contributed by atoms with E-state index in [4.69, 9.17) is 4.74 Å². The van der Waals surface area contributed by atoms with Gasteiger partial charge >= 0.3 is 0 Å². The van der Waals surface area contributed by atoms with E-state index >= 15 is 0 Å². The molecule has 0 spiro atoms. The Labute approximate surface area is 158 Å². The summed E-state index contributed by atoms with van der Waals surface area (Å²) >= 11 is 0. The molecule has 0 N–H and O–H groups in total. The summed E-state index contributed by atoms with van der Waals surface area (Å²) in [5.41, 5.74) is 2.52. The summed E-state index contributed by atoms with van der Waals surface area (Å²) in [4.78, 5) is 0. The predicted octanol–water partition coefficient (Wildman–Crippen LogP) is 8.34. The second-order valence-electron chi connectivity index (χ2n) is 11.6. The fraction of sp³-hybridized carbons (Fsp3) is 0.826. The van der Waals surface area contributed by atoms with E-state index in [0.29, 0.717) is 16.2 Å². The standard InChI is InChI=1S/C23H44NP/c1-21(2,3)14-17-25(18-15-22(4,5)6,19-16-23(7,8)9)24-20-12-10-11-13-20/h10-12H,13-19H2,1-9H3. The van der Waals surface area contributed by atoms with E-state index < -0.39 is 7.05 Å². The molecular weight excluding hydrogens is 321 g/mol. The van der Waals surface area contributed by atoms with Gasteiger partial charge in [-0.05, 0) is 67.1 Å². The number of nitrogens with zero attached hydrogens (tertiary/aromatic N) is 1. The van der Waals surface area contributed by atoms with Gasteiger partial charge in [0.05, 0.1) is 0 Å². The Morgan fingerprint density at radius 1 is 0.760 bits per heavy atom. The minimum Gasteiger partial charge on any atom is -0.272 e. The number of rotatable bonds is 7. The topological polar surface area (TPSA) is 12.4 Å². The Kier molecular flexibility index (Phi) is 7.83. The van der Waals surface area contributed by atoms with Crippen molar-refractivity contribution in [2.45, 2.75) is 88.0 Å². The van der Waals surface area contributed by atoms with E-state index in [0.717, 1.165) is 6.42 Å². The normalized spacial score (nSPS) is 16.3. The van der Waals surface area contributed by atoms with E-state index in [-0.39, 0.29) is 0 Å². The maximum absolute atomic E-state index is 5.53. The average molecular weight is 366 g/mol. The zero-order valence-corrected chi connectivity index (χ0v) is 19.5. The predicted molar refractivity (Wildman–Crippen MR) is 118 cm³/mol. The van der Waals surface area contributed by atoms with Crippen LogP contribution < -0.4 is 0 Å². The van der Waals surface area contributed by atoms with Crippen LogP contribution in [0, 0.1) is 16.2 Å². The molecule has 0 atom stereocenters. The molecule has 146 valence electrons. The van der Waals surface area contributed by atoms with E-state index in [1.54, 1.807) is 0 Å². The highest BCUT2D eigenvalue weighted by Crippen LogP contribution is 2.56. The first kappa shape index (κ1) is 22.8. The maximum Gasteiger partial charge on any atom is 0.0425 e. The van der Waals surface area contributed by atoms with Crippen molar-refractivity contribution < 1.29 is 0 Å². The third-order valence-electron chi connectivity index (χ3n) is 4.93.